The molecule has 0 spiro atoms. The zero-order valence-electron chi connectivity index (χ0n) is 14.1. The van der Waals surface area contributed by atoms with Crippen LogP contribution in [0.5, 0.6) is 23.0 Å². The molecule has 146 valence electrons. The second-order valence-electron chi connectivity index (χ2n) is 5.57. The molecule has 0 aliphatic heterocycles. The Morgan fingerprint density at radius 2 is 0.679 bits per heavy atom. The fraction of sp³-hybridized carbons (Fsp3) is 0. The van der Waals surface area contributed by atoms with Gasteiger partial charge < -0.3 is 9.47 Å². The van der Waals surface area contributed by atoms with Crippen LogP contribution in [-0.4, -0.2) is 25.9 Å². The third-order valence-corrected chi connectivity index (χ3v) is 5.27. The molecule has 0 saturated carbocycles. The fourth-order valence-electron chi connectivity index (χ4n) is 2.21. The summed E-state index contributed by atoms with van der Waals surface area (Å²) in [5.74, 6) is 1.69. The van der Waals surface area contributed by atoms with Gasteiger partial charge in [0.1, 0.15) is 23.0 Å². The average molecular weight is 422 g/mol. The van der Waals surface area contributed by atoms with Crippen molar-refractivity contribution in [1.82, 2.24) is 0 Å². The second kappa shape index (κ2) is 7.60. The van der Waals surface area contributed by atoms with Gasteiger partial charge in [0, 0.05) is 0 Å². The molecule has 28 heavy (non-hydrogen) atoms. The van der Waals surface area contributed by atoms with Crippen molar-refractivity contribution in [2.75, 3.05) is 0 Å². The normalized spacial score (nSPS) is 11.8. The van der Waals surface area contributed by atoms with Gasteiger partial charge in [-0.25, -0.2) is 0 Å². The van der Waals surface area contributed by atoms with Gasteiger partial charge in [-0.15, -0.1) is 0 Å². The molecule has 3 rings (SSSR count). The minimum atomic E-state index is -4.26. The molecule has 0 unspecified atom stereocenters. The van der Waals surface area contributed by atoms with E-state index in [1.807, 2.05) is 0 Å². The summed E-state index contributed by atoms with van der Waals surface area (Å²) in [6.45, 7) is 0. The number of hydrogen-bond donors (Lipinski definition) is 2. The summed E-state index contributed by atoms with van der Waals surface area (Å²) in [5, 5.41) is 0. The maximum Gasteiger partial charge on any atom is 0.294 e. The lowest BCUT2D eigenvalue weighted by Gasteiger charge is -2.09. The van der Waals surface area contributed by atoms with Gasteiger partial charge in [-0.2, -0.15) is 16.8 Å². The summed E-state index contributed by atoms with van der Waals surface area (Å²) in [6.07, 6.45) is 0. The molecule has 0 heterocycles. The molecule has 3 aromatic carbocycles. The first kappa shape index (κ1) is 19.8. The van der Waals surface area contributed by atoms with E-state index in [9.17, 15) is 16.8 Å². The van der Waals surface area contributed by atoms with Crippen LogP contribution in [0.3, 0.4) is 0 Å². The molecule has 3 aromatic rings. The third kappa shape index (κ3) is 5.08. The first-order chi connectivity index (χ1) is 13.1. The lowest BCUT2D eigenvalue weighted by molar-refractivity contribution is 0.467. The third-order valence-electron chi connectivity index (χ3n) is 3.54. The Balaban J connectivity index is 1.66. The van der Waals surface area contributed by atoms with Gasteiger partial charge in [0.15, 0.2) is 0 Å². The van der Waals surface area contributed by atoms with E-state index in [0.29, 0.717) is 23.0 Å². The Hall–Kier alpha value is -2.92. The Morgan fingerprint density at radius 1 is 0.464 bits per heavy atom. The van der Waals surface area contributed by atoms with E-state index in [1.165, 1.54) is 48.5 Å². The molecular weight excluding hydrogens is 408 g/mol. The van der Waals surface area contributed by atoms with Gasteiger partial charge in [0.25, 0.3) is 20.2 Å². The van der Waals surface area contributed by atoms with Crippen molar-refractivity contribution in [3.8, 4) is 23.0 Å². The number of benzene rings is 3. The van der Waals surface area contributed by atoms with Gasteiger partial charge in [0.2, 0.25) is 0 Å². The highest BCUT2D eigenvalue weighted by atomic mass is 32.2. The van der Waals surface area contributed by atoms with Crippen molar-refractivity contribution in [3.05, 3.63) is 72.8 Å². The molecular formula is C18H14O8S2. The van der Waals surface area contributed by atoms with Gasteiger partial charge in [-0.1, -0.05) is 0 Å². The zero-order valence-corrected chi connectivity index (χ0v) is 15.7. The van der Waals surface area contributed by atoms with Crippen LogP contribution in [0.4, 0.5) is 0 Å². The predicted octanol–water partition coefficient (Wildman–Crippen LogP) is 3.76. The van der Waals surface area contributed by atoms with Gasteiger partial charge >= 0.3 is 0 Å². The van der Waals surface area contributed by atoms with Gasteiger partial charge in [0.05, 0.1) is 9.79 Å². The lowest BCUT2D eigenvalue weighted by atomic mass is 10.3. The highest BCUT2D eigenvalue weighted by molar-refractivity contribution is 7.86. The van der Waals surface area contributed by atoms with Crippen LogP contribution < -0.4 is 9.47 Å². The lowest BCUT2D eigenvalue weighted by Crippen LogP contribution is -1.97. The molecule has 0 aliphatic rings. The van der Waals surface area contributed by atoms with Crippen molar-refractivity contribution >= 4 is 20.2 Å². The molecule has 0 fully saturated rings. The van der Waals surface area contributed by atoms with Crippen LogP contribution in [0.25, 0.3) is 0 Å². The fourth-order valence-corrected chi connectivity index (χ4v) is 3.17. The first-order valence-corrected chi connectivity index (χ1v) is 10.6. The Morgan fingerprint density at radius 3 is 0.893 bits per heavy atom. The van der Waals surface area contributed by atoms with E-state index in [1.54, 1.807) is 24.3 Å². The quantitative estimate of drug-likeness (QED) is 0.575. The molecule has 0 bridgehead atoms. The largest absolute Gasteiger partial charge is 0.457 e. The molecule has 8 nitrogen and oxygen atoms in total. The summed E-state index contributed by atoms with van der Waals surface area (Å²) in [6, 6.07) is 17.0. The monoisotopic (exact) mass is 422 g/mol. The standard InChI is InChI=1S/C18H14O8S2/c19-27(20,21)17-9-5-15(6-10-17)25-13-1-2-14(4-3-13)26-16-7-11-18(12-8-16)28(22,23)24/h1-12H,(H,19,20,21)(H,22,23,24). The average Bonchev–Trinajstić information content (AvgIpc) is 2.63. The Kier molecular flexibility index (Phi) is 5.38. The first-order valence-electron chi connectivity index (χ1n) is 7.72. The van der Waals surface area contributed by atoms with E-state index in [2.05, 4.69) is 0 Å². The van der Waals surface area contributed by atoms with E-state index >= 15 is 0 Å². The Bertz CT molecular complexity index is 1070. The molecule has 2 N–H and O–H groups in total. The van der Waals surface area contributed by atoms with E-state index in [4.69, 9.17) is 18.6 Å². The number of rotatable bonds is 6. The van der Waals surface area contributed by atoms with Crippen molar-refractivity contribution in [2.45, 2.75) is 9.79 Å². The van der Waals surface area contributed by atoms with Crippen molar-refractivity contribution < 1.29 is 35.4 Å². The molecule has 0 aromatic heterocycles. The SMILES string of the molecule is O=S(=O)(O)c1ccc(Oc2ccc(Oc3ccc(S(=O)(=O)O)cc3)cc2)cc1. The van der Waals surface area contributed by atoms with Crippen LogP contribution in [0.15, 0.2) is 82.6 Å². The summed E-state index contributed by atoms with van der Waals surface area (Å²) in [5.41, 5.74) is 0. The predicted molar refractivity (Wildman–Crippen MR) is 99.1 cm³/mol. The summed E-state index contributed by atoms with van der Waals surface area (Å²) in [4.78, 5) is -0.466. The van der Waals surface area contributed by atoms with Crippen LogP contribution in [0.2, 0.25) is 0 Å². The molecule has 0 atom stereocenters. The summed E-state index contributed by atoms with van der Waals surface area (Å²) >= 11 is 0. The number of ether oxygens (including phenoxy) is 2. The molecule has 0 saturated heterocycles. The summed E-state index contributed by atoms with van der Waals surface area (Å²) in [7, 11) is -8.52. The van der Waals surface area contributed by atoms with Crippen molar-refractivity contribution in [3.63, 3.8) is 0 Å². The van der Waals surface area contributed by atoms with Gasteiger partial charge in [-0.3, -0.25) is 9.11 Å². The smallest absolute Gasteiger partial charge is 0.294 e. The Labute approximate surface area is 161 Å². The molecule has 0 amide bonds. The van der Waals surface area contributed by atoms with Crippen molar-refractivity contribution in [2.24, 2.45) is 0 Å². The highest BCUT2D eigenvalue weighted by Crippen LogP contribution is 2.28. The van der Waals surface area contributed by atoms with E-state index in [0.717, 1.165) is 0 Å². The van der Waals surface area contributed by atoms with Crippen LogP contribution in [0.1, 0.15) is 0 Å². The molecule has 10 heteroatoms. The highest BCUT2D eigenvalue weighted by Gasteiger charge is 2.10. The van der Waals surface area contributed by atoms with Crippen LogP contribution in [-0.2, 0) is 20.2 Å². The van der Waals surface area contributed by atoms with Crippen molar-refractivity contribution in [1.29, 1.82) is 0 Å². The number of hydrogen-bond acceptors (Lipinski definition) is 6. The topological polar surface area (TPSA) is 127 Å². The maximum absolute atomic E-state index is 11.0. The van der Waals surface area contributed by atoms with Gasteiger partial charge in [-0.05, 0) is 72.8 Å². The zero-order chi connectivity index (χ0) is 20.4. The minimum absolute atomic E-state index is 0.233. The minimum Gasteiger partial charge on any atom is -0.457 e. The second-order valence-corrected chi connectivity index (χ2v) is 8.41. The maximum atomic E-state index is 11.0. The summed E-state index contributed by atoms with van der Waals surface area (Å²) < 4.78 is 73.1. The van der Waals surface area contributed by atoms with E-state index < -0.39 is 20.2 Å². The van der Waals surface area contributed by atoms with Crippen LogP contribution in [0, 0.1) is 0 Å². The van der Waals surface area contributed by atoms with E-state index in [-0.39, 0.29) is 9.79 Å². The van der Waals surface area contributed by atoms with Crippen LogP contribution >= 0.6 is 0 Å². The molecule has 0 radical (unpaired) electrons. The molecule has 0 aliphatic carbocycles.